The van der Waals surface area contributed by atoms with Crippen molar-refractivity contribution in [3.63, 3.8) is 0 Å². The van der Waals surface area contributed by atoms with Gasteiger partial charge in [-0.2, -0.15) is 0 Å². The first-order chi connectivity index (χ1) is 7.49. The van der Waals surface area contributed by atoms with Gasteiger partial charge in [-0.1, -0.05) is 0 Å². The lowest BCUT2D eigenvalue weighted by atomic mass is 9.89. The third-order valence-electron chi connectivity index (χ3n) is 3.21. The first-order valence-electron chi connectivity index (χ1n) is 5.29. The third-order valence-corrected chi connectivity index (χ3v) is 3.21. The zero-order chi connectivity index (χ0) is 11.9. The van der Waals surface area contributed by atoms with E-state index in [0.29, 0.717) is 0 Å². The molecule has 0 saturated heterocycles. The number of aromatic amines is 1. The Morgan fingerprint density at radius 3 is 2.88 bits per heavy atom. The SMILES string of the molecule is C[C@H]1Nc2cc(=O)[nH]n2[C@@H](C)[C@H]1CC(=O)O. The summed E-state index contributed by atoms with van der Waals surface area (Å²) in [4.78, 5) is 22.0. The van der Waals surface area contributed by atoms with Gasteiger partial charge in [0.15, 0.2) is 0 Å². The van der Waals surface area contributed by atoms with E-state index in [-0.39, 0.29) is 30.0 Å². The number of carboxylic acids is 1. The van der Waals surface area contributed by atoms with Gasteiger partial charge >= 0.3 is 5.97 Å². The molecule has 1 aromatic heterocycles. The first-order valence-corrected chi connectivity index (χ1v) is 5.29. The molecular weight excluding hydrogens is 210 g/mol. The van der Waals surface area contributed by atoms with Gasteiger partial charge in [0.1, 0.15) is 5.82 Å². The topological polar surface area (TPSA) is 87.1 Å². The number of anilines is 1. The second-order valence-electron chi connectivity index (χ2n) is 4.31. The highest BCUT2D eigenvalue weighted by Gasteiger charge is 2.33. The molecule has 16 heavy (non-hydrogen) atoms. The summed E-state index contributed by atoms with van der Waals surface area (Å²) < 4.78 is 1.70. The van der Waals surface area contributed by atoms with Crippen molar-refractivity contribution >= 4 is 11.8 Å². The maximum Gasteiger partial charge on any atom is 0.303 e. The lowest BCUT2D eigenvalue weighted by Gasteiger charge is -2.36. The van der Waals surface area contributed by atoms with E-state index in [2.05, 4.69) is 10.4 Å². The van der Waals surface area contributed by atoms with Crippen molar-refractivity contribution in [3.05, 3.63) is 16.4 Å². The monoisotopic (exact) mass is 225 g/mol. The third kappa shape index (κ3) is 1.70. The highest BCUT2D eigenvalue weighted by Crippen LogP contribution is 2.32. The van der Waals surface area contributed by atoms with E-state index in [4.69, 9.17) is 5.11 Å². The molecular formula is C10H15N3O3. The van der Waals surface area contributed by atoms with Crippen molar-refractivity contribution in [1.82, 2.24) is 9.78 Å². The fourth-order valence-corrected chi connectivity index (χ4v) is 2.34. The van der Waals surface area contributed by atoms with Crippen molar-refractivity contribution in [1.29, 1.82) is 0 Å². The Kier molecular flexibility index (Phi) is 2.49. The maximum atomic E-state index is 11.2. The van der Waals surface area contributed by atoms with Crippen LogP contribution in [-0.4, -0.2) is 26.9 Å². The minimum atomic E-state index is -0.816. The van der Waals surface area contributed by atoms with E-state index < -0.39 is 5.97 Å². The van der Waals surface area contributed by atoms with Gasteiger partial charge in [-0.3, -0.25) is 19.4 Å². The molecule has 0 unspecified atom stereocenters. The van der Waals surface area contributed by atoms with Crippen molar-refractivity contribution in [2.75, 3.05) is 5.32 Å². The summed E-state index contributed by atoms with van der Waals surface area (Å²) in [6.07, 6.45) is 0.0922. The molecule has 0 aliphatic carbocycles. The quantitative estimate of drug-likeness (QED) is 0.689. The van der Waals surface area contributed by atoms with Crippen molar-refractivity contribution in [2.24, 2.45) is 5.92 Å². The highest BCUT2D eigenvalue weighted by atomic mass is 16.4. The Bertz CT molecular complexity index is 462. The molecule has 0 saturated carbocycles. The van der Waals surface area contributed by atoms with Crippen LogP contribution in [0.15, 0.2) is 10.9 Å². The molecule has 0 spiro atoms. The van der Waals surface area contributed by atoms with Crippen LogP contribution in [0.2, 0.25) is 0 Å². The van der Waals surface area contributed by atoms with E-state index in [1.165, 1.54) is 6.07 Å². The van der Waals surface area contributed by atoms with Crippen LogP contribution >= 0.6 is 0 Å². The molecule has 6 nitrogen and oxygen atoms in total. The first kappa shape index (κ1) is 10.8. The number of aromatic nitrogens is 2. The molecule has 0 bridgehead atoms. The molecule has 0 amide bonds. The number of aliphatic carboxylic acids is 1. The summed E-state index contributed by atoms with van der Waals surface area (Å²) in [7, 11) is 0. The molecule has 0 radical (unpaired) electrons. The Labute approximate surface area is 92.3 Å². The van der Waals surface area contributed by atoms with E-state index in [0.717, 1.165) is 5.82 Å². The van der Waals surface area contributed by atoms with Gasteiger partial charge in [-0.15, -0.1) is 0 Å². The van der Waals surface area contributed by atoms with E-state index >= 15 is 0 Å². The Balaban J connectivity index is 2.33. The Morgan fingerprint density at radius 2 is 2.25 bits per heavy atom. The standard InChI is InChI=1S/C10H15N3O3/c1-5-7(3-10(15)16)6(2)13-8(11-5)4-9(14)12-13/h4-7,11H,3H2,1-2H3,(H,12,14)(H,15,16)/t5-,6+,7+/m1/s1. The maximum absolute atomic E-state index is 11.2. The number of nitrogens with zero attached hydrogens (tertiary/aromatic N) is 1. The van der Waals surface area contributed by atoms with Gasteiger partial charge in [0.2, 0.25) is 0 Å². The molecule has 1 aliphatic rings. The fraction of sp³-hybridized carbons (Fsp3) is 0.600. The van der Waals surface area contributed by atoms with Crippen LogP contribution in [0.4, 0.5) is 5.82 Å². The number of carboxylic acid groups (broad SMARTS) is 1. The molecule has 88 valence electrons. The minimum Gasteiger partial charge on any atom is -0.481 e. The fourth-order valence-electron chi connectivity index (χ4n) is 2.34. The number of hydrogen-bond donors (Lipinski definition) is 3. The van der Waals surface area contributed by atoms with E-state index in [1.807, 2.05) is 13.8 Å². The molecule has 0 aromatic carbocycles. The number of nitrogens with one attached hydrogen (secondary N) is 2. The smallest absolute Gasteiger partial charge is 0.303 e. The van der Waals surface area contributed by atoms with E-state index in [9.17, 15) is 9.59 Å². The van der Waals surface area contributed by atoms with E-state index in [1.54, 1.807) is 4.68 Å². The lowest BCUT2D eigenvalue weighted by Crippen LogP contribution is -2.39. The number of hydrogen-bond acceptors (Lipinski definition) is 3. The van der Waals surface area contributed by atoms with Gasteiger partial charge in [0.25, 0.3) is 5.56 Å². The normalized spacial score (nSPS) is 28.2. The number of H-pyrrole nitrogens is 1. The largest absolute Gasteiger partial charge is 0.481 e. The van der Waals surface area contributed by atoms with Gasteiger partial charge in [0, 0.05) is 18.0 Å². The van der Waals surface area contributed by atoms with Crippen LogP contribution in [-0.2, 0) is 4.79 Å². The van der Waals surface area contributed by atoms with Crippen LogP contribution < -0.4 is 10.9 Å². The average Bonchev–Trinajstić information content (AvgIpc) is 2.53. The Morgan fingerprint density at radius 1 is 1.56 bits per heavy atom. The van der Waals surface area contributed by atoms with Crippen molar-refractivity contribution < 1.29 is 9.90 Å². The van der Waals surface area contributed by atoms with Gasteiger partial charge < -0.3 is 10.4 Å². The molecule has 2 heterocycles. The summed E-state index contributed by atoms with van der Waals surface area (Å²) in [5.41, 5.74) is -0.169. The highest BCUT2D eigenvalue weighted by molar-refractivity contribution is 5.67. The van der Waals surface area contributed by atoms with Crippen LogP contribution in [0.25, 0.3) is 0 Å². The van der Waals surface area contributed by atoms with Gasteiger partial charge in [-0.05, 0) is 13.8 Å². The summed E-state index contributed by atoms with van der Waals surface area (Å²) >= 11 is 0. The molecule has 6 heteroatoms. The van der Waals surface area contributed by atoms with Crippen LogP contribution in [0.5, 0.6) is 0 Å². The summed E-state index contributed by atoms with van der Waals surface area (Å²) in [6, 6.07) is 1.51. The molecule has 1 aromatic rings. The number of carbonyl (C=O) groups is 1. The molecule has 3 atom stereocenters. The second-order valence-corrected chi connectivity index (χ2v) is 4.31. The van der Waals surface area contributed by atoms with Crippen molar-refractivity contribution in [2.45, 2.75) is 32.4 Å². The molecule has 2 rings (SSSR count). The van der Waals surface area contributed by atoms with Crippen molar-refractivity contribution in [3.8, 4) is 0 Å². The van der Waals surface area contributed by atoms with Crippen LogP contribution in [0, 0.1) is 5.92 Å². The lowest BCUT2D eigenvalue weighted by molar-refractivity contribution is -0.138. The second kappa shape index (κ2) is 3.70. The zero-order valence-corrected chi connectivity index (χ0v) is 9.23. The van der Waals surface area contributed by atoms with Crippen LogP contribution in [0.1, 0.15) is 26.3 Å². The van der Waals surface area contributed by atoms with Gasteiger partial charge in [0.05, 0.1) is 12.5 Å². The zero-order valence-electron chi connectivity index (χ0n) is 9.23. The molecule has 3 N–H and O–H groups in total. The average molecular weight is 225 g/mol. The molecule has 0 fully saturated rings. The number of fused-ring (bicyclic) bond motifs is 1. The predicted octanol–water partition coefficient (Wildman–Crippen LogP) is 0.642. The summed E-state index contributed by atoms with van der Waals surface area (Å²) in [6.45, 7) is 3.86. The van der Waals surface area contributed by atoms with Gasteiger partial charge in [-0.25, -0.2) is 0 Å². The Hall–Kier alpha value is -1.72. The molecule has 1 aliphatic heterocycles. The summed E-state index contributed by atoms with van der Waals surface area (Å²) in [5, 5.41) is 14.7. The predicted molar refractivity (Wildman–Crippen MR) is 58.6 cm³/mol. The number of rotatable bonds is 2. The van der Waals surface area contributed by atoms with Crippen LogP contribution in [0.3, 0.4) is 0 Å². The minimum absolute atomic E-state index is 0.0231. The summed E-state index contributed by atoms with van der Waals surface area (Å²) in [5.74, 6) is -0.122.